The Kier molecular flexibility index (Phi) is 46.1. The lowest BCUT2D eigenvalue weighted by molar-refractivity contribution is -0.152. The number of likely N-dealkylation sites (tertiary alicyclic amines) is 1. The topological polar surface area (TPSA) is 350 Å². The highest BCUT2D eigenvalue weighted by atomic mass is 16.5. The quantitative estimate of drug-likeness (QED) is 0.0231. The molecule has 0 radical (unpaired) electrons. The van der Waals surface area contributed by atoms with E-state index in [4.69, 9.17) is 9.47 Å². The van der Waals surface area contributed by atoms with Crippen molar-refractivity contribution < 1.29 is 77.5 Å². The molecule has 11 atom stereocenters. The molecule has 28 nitrogen and oxygen atoms in total. The van der Waals surface area contributed by atoms with Gasteiger partial charge in [0.1, 0.15) is 54.4 Å². The Morgan fingerprint density at radius 1 is 0.583 bits per heavy atom. The van der Waals surface area contributed by atoms with E-state index in [1.165, 1.54) is 69.0 Å². The van der Waals surface area contributed by atoms with E-state index in [9.17, 15) is 44.1 Å². The van der Waals surface area contributed by atoms with Gasteiger partial charge in [-0.25, -0.2) is 0 Å². The number of ether oxygens (including phenoxy) is 2. The summed E-state index contributed by atoms with van der Waals surface area (Å²) < 4.78 is 12.0. The number of rotatable bonds is 51. The average Bonchev–Trinajstić information content (AvgIpc) is 0.828. The van der Waals surface area contributed by atoms with Gasteiger partial charge in [-0.2, -0.15) is 0 Å². The van der Waals surface area contributed by atoms with Crippen LogP contribution in [0.2, 0.25) is 0 Å². The molecule has 1 rings (SSSR count). The number of aliphatic hydroxyl groups excluding tert-OH is 3. The van der Waals surface area contributed by atoms with Gasteiger partial charge in [-0.15, -0.1) is 0 Å². The number of carbonyl (C=O) groups is 11. The van der Waals surface area contributed by atoms with Crippen LogP contribution in [-0.4, -0.2) is 288 Å². The van der Waals surface area contributed by atoms with Crippen molar-refractivity contribution in [3.63, 3.8) is 0 Å². The molecule has 0 aromatic carbocycles. The molecule has 1 aliphatic rings. The fourth-order valence-corrected chi connectivity index (χ4v) is 12.2. The summed E-state index contributed by atoms with van der Waals surface area (Å²) in [5.74, 6) is -8.79. The minimum atomic E-state index is -1.71. The normalized spacial score (nSPS) is 15.7. The molecule has 28 heteroatoms. The van der Waals surface area contributed by atoms with Gasteiger partial charge in [-0.1, -0.05) is 154 Å². The molecule has 0 aromatic rings. The predicted octanol–water partition coefficient (Wildman–Crippen LogP) is 4.75. The first-order valence-corrected chi connectivity index (χ1v) is 38.2. The molecule has 1 heterocycles. The van der Waals surface area contributed by atoms with Crippen molar-refractivity contribution in [1.29, 1.82) is 0 Å². The van der Waals surface area contributed by atoms with Crippen LogP contribution in [0, 0.1) is 17.8 Å². The maximum Gasteiger partial charge on any atom is 0.248 e. The Labute approximate surface area is 644 Å². The smallest absolute Gasteiger partial charge is 0.248 e. The molecule has 1 fully saturated rings. The summed E-state index contributed by atoms with van der Waals surface area (Å²) in [7, 11) is 8.53. The van der Waals surface area contributed by atoms with Crippen LogP contribution in [0.4, 0.5) is 0 Å². The zero-order valence-corrected chi connectivity index (χ0v) is 68.4. The van der Waals surface area contributed by atoms with Crippen LogP contribution in [0.25, 0.3) is 0 Å². The monoisotopic (exact) mass is 1520 g/mol. The molecule has 0 aromatic heterocycles. The molecule has 1 saturated heterocycles. The third-order valence-electron chi connectivity index (χ3n) is 18.5. The van der Waals surface area contributed by atoms with Crippen LogP contribution < -0.4 is 26.6 Å². The van der Waals surface area contributed by atoms with Gasteiger partial charge in [-0.3, -0.25) is 52.7 Å². The first-order valence-electron chi connectivity index (χ1n) is 38.2. The van der Waals surface area contributed by atoms with E-state index in [1.54, 1.807) is 90.8 Å². The van der Waals surface area contributed by atoms with Crippen LogP contribution >= 0.6 is 0 Å². The van der Waals surface area contributed by atoms with Crippen LogP contribution in [-0.2, 0) is 62.2 Å². The van der Waals surface area contributed by atoms with E-state index in [0.29, 0.717) is 43.5 Å². The molecule has 108 heavy (non-hydrogen) atoms. The van der Waals surface area contributed by atoms with Crippen LogP contribution in [0.3, 0.4) is 0 Å². The second-order valence-electron chi connectivity index (χ2n) is 30.3. The number of allylic oxidation sites excluding steroid dienone is 7. The van der Waals surface area contributed by atoms with Crippen molar-refractivity contribution in [3.05, 3.63) is 86.1 Å². The molecule has 0 saturated carbocycles. The van der Waals surface area contributed by atoms with E-state index < -0.39 is 150 Å². The van der Waals surface area contributed by atoms with Crippen molar-refractivity contribution in [2.24, 2.45) is 17.8 Å². The molecule has 0 aliphatic carbocycles. The number of piperidine rings is 1. The summed E-state index contributed by atoms with van der Waals surface area (Å²) in [5.41, 5.74) is -0.00918. The molecular formula is C80H136N12O16. The molecule has 8 N–H and O–H groups in total. The molecule has 612 valence electrons. The summed E-state index contributed by atoms with van der Waals surface area (Å²) in [5, 5.41) is 46.0. The number of amides is 11. The Morgan fingerprint density at radius 2 is 1.08 bits per heavy atom. The van der Waals surface area contributed by atoms with Gasteiger partial charge >= 0.3 is 0 Å². The number of carbonyl (C=O) groups excluding carboxylic acids is 11. The minimum absolute atomic E-state index is 0.00960. The van der Waals surface area contributed by atoms with Crippen molar-refractivity contribution in [2.75, 3.05) is 101 Å². The molecule has 0 spiro atoms. The largest absolute Gasteiger partial charge is 0.396 e. The number of nitrogens with one attached hydrogen (secondary N) is 5. The van der Waals surface area contributed by atoms with Gasteiger partial charge in [0.15, 0.2) is 0 Å². The Bertz CT molecular complexity index is 3030. The van der Waals surface area contributed by atoms with Crippen LogP contribution in [0.15, 0.2) is 86.1 Å². The van der Waals surface area contributed by atoms with Crippen molar-refractivity contribution in [1.82, 2.24) is 60.9 Å². The third kappa shape index (κ3) is 34.4. The van der Waals surface area contributed by atoms with Crippen molar-refractivity contribution in [2.45, 2.75) is 239 Å². The first kappa shape index (κ1) is 98.1. The number of hydrogen-bond acceptors (Lipinski definition) is 17. The first-order chi connectivity index (χ1) is 50.7. The fourth-order valence-electron chi connectivity index (χ4n) is 12.2. The van der Waals surface area contributed by atoms with E-state index in [1.807, 2.05) is 33.8 Å². The summed E-state index contributed by atoms with van der Waals surface area (Å²) in [4.78, 5) is 171. The second-order valence-corrected chi connectivity index (χ2v) is 30.3. The third-order valence-corrected chi connectivity index (χ3v) is 18.5. The summed E-state index contributed by atoms with van der Waals surface area (Å²) in [6, 6.07) is -12.2. The maximum atomic E-state index is 15.4. The Balaban J connectivity index is 3.94. The standard InChI is InChI=1S/C80H136N12O16/c1-23-27-32-38-59(95)48-60(77(104)91-40-33-31-34-41-91)82-71(98)63(44-53(5)6)88(20)76(103)62(52-108-80(14,15)16)84-74(101)70(55(9)10)90(22)78(105)66(47-57(12)37-29-25-3)87(19)68(97)50-92(39-30-26-4)79(106)69(58(13)94)85-73(100)64(45-54(7)8)89(21)75(102)61(51-107-43-35-42-93)83-72(99)65(46-56(11)36-28-24-2)86(18)67(96)49-81-17/h24-25,28-29,32,36-38,53-55,58-66,69-70,81,93-95H,2-3,11-12,23,26-27,30-31,33-35,39-52H2,1,4-10,13-22H3,(H,82,98)(H,83,99)(H,84,101)(H,85,100)/b36-28-,37-29-,38-32-/t58-,59?,60?,61+,62+,63+,64+,65+,66+,69?,70?/m1/s1. The van der Waals surface area contributed by atoms with Gasteiger partial charge in [0.05, 0.1) is 44.1 Å². The van der Waals surface area contributed by atoms with Crippen molar-refractivity contribution in [3.8, 4) is 0 Å². The lowest BCUT2D eigenvalue weighted by atomic mass is 9.98. The Morgan fingerprint density at radius 3 is 1.56 bits per heavy atom. The molecule has 4 unspecified atom stereocenters. The van der Waals surface area contributed by atoms with Crippen LogP contribution in [0.1, 0.15) is 167 Å². The van der Waals surface area contributed by atoms with E-state index in [-0.39, 0.29) is 89.2 Å². The van der Waals surface area contributed by atoms with Gasteiger partial charge in [-0.05, 0) is 104 Å². The minimum Gasteiger partial charge on any atom is -0.396 e. The predicted molar refractivity (Wildman–Crippen MR) is 421 cm³/mol. The number of aliphatic hydroxyl groups is 3. The summed E-state index contributed by atoms with van der Waals surface area (Å²) in [6.07, 6.45) is 15.2. The van der Waals surface area contributed by atoms with E-state index in [2.05, 4.69) is 52.9 Å². The second kappa shape index (κ2) is 50.7. The van der Waals surface area contributed by atoms with Gasteiger partial charge in [0.2, 0.25) is 65.0 Å². The average molecular weight is 1520 g/mol. The Hall–Kier alpha value is -7.89. The highest BCUT2D eigenvalue weighted by Gasteiger charge is 2.43. The molecule has 0 bridgehead atoms. The number of likely N-dealkylation sites (N-methyl/N-ethyl adjacent to an activating group) is 6. The zero-order valence-electron chi connectivity index (χ0n) is 68.4. The molecular weight excluding hydrogens is 1380 g/mol. The highest BCUT2D eigenvalue weighted by molar-refractivity contribution is 5.99. The fraction of sp³-hybridized carbons (Fsp3) is 0.688. The lowest BCUT2D eigenvalue weighted by Crippen LogP contribution is -2.62. The summed E-state index contributed by atoms with van der Waals surface area (Å²) in [6.45, 7) is 35.9. The highest BCUT2D eigenvalue weighted by Crippen LogP contribution is 2.23. The number of nitrogens with zero attached hydrogens (tertiary/aromatic N) is 7. The SMILES string of the molecule is C=C/C=C\C(=C)C[C@@H](C(=O)N[C@@H](COCCCO)C(=O)N(C)[C@@H](CC(C)C)C(=O)NC(C(=O)N(CCCC)CC(=O)N(C)[C@@H](CC(=C)/C=C\C=C)C(=O)N(C)C(C(=O)N[C@@H](COC(C)(C)C)C(=O)N(C)[C@@H](CC(C)C)C(=O)NC(CC(O)/C=C\CCC)C(=O)N1CCCCC1)C(C)C)[C@@H](C)O)N(C)C(=O)CNC. The van der Waals surface area contributed by atoms with E-state index in [0.717, 1.165) is 40.4 Å². The lowest BCUT2D eigenvalue weighted by Gasteiger charge is -2.38. The molecule has 1 aliphatic heterocycles. The summed E-state index contributed by atoms with van der Waals surface area (Å²) >= 11 is 0. The van der Waals surface area contributed by atoms with Crippen LogP contribution in [0.5, 0.6) is 0 Å². The zero-order chi connectivity index (χ0) is 82.3. The van der Waals surface area contributed by atoms with Gasteiger partial charge in [0.25, 0.3) is 0 Å². The van der Waals surface area contributed by atoms with Gasteiger partial charge in [0, 0.05) is 87.3 Å². The van der Waals surface area contributed by atoms with E-state index >= 15 is 24.0 Å². The number of hydrogen-bond donors (Lipinski definition) is 8. The van der Waals surface area contributed by atoms with Crippen molar-refractivity contribution >= 4 is 65.0 Å². The maximum absolute atomic E-state index is 15.4. The number of unbranched alkanes of at least 4 members (excludes halogenated alkanes) is 2. The van der Waals surface area contributed by atoms with Gasteiger partial charge < -0.3 is 85.7 Å². The molecule has 11 amide bonds.